The van der Waals surface area contributed by atoms with E-state index < -0.39 is 0 Å². The topological polar surface area (TPSA) is 108 Å². The summed E-state index contributed by atoms with van der Waals surface area (Å²) >= 11 is 4.24. The molecule has 4 fully saturated rings. The quantitative estimate of drug-likeness (QED) is 0.328. The van der Waals surface area contributed by atoms with Crippen LogP contribution in [0.3, 0.4) is 0 Å². The van der Waals surface area contributed by atoms with Crippen molar-refractivity contribution in [2.75, 3.05) is 59.5 Å². The first-order valence-corrected chi connectivity index (χ1v) is 17.2. The van der Waals surface area contributed by atoms with Gasteiger partial charge in [0.1, 0.15) is 19.0 Å². The van der Waals surface area contributed by atoms with E-state index in [4.69, 9.17) is 19.3 Å². The second-order valence-corrected chi connectivity index (χ2v) is 8.46. The zero-order valence-corrected chi connectivity index (χ0v) is 27.3. The summed E-state index contributed by atoms with van der Waals surface area (Å²) in [5, 5.41) is 8.61. The molecular weight excluding hydrogens is 785 g/mol. The maximum absolute atomic E-state index is 10.7. The molecule has 0 spiro atoms. The van der Waals surface area contributed by atoms with Gasteiger partial charge in [-0.1, -0.05) is 13.8 Å². The van der Waals surface area contributed by atoms with Gasteiger partial charge in [-0.3, -0.25) is 14.4 Å². The molecule has 2 unspecified atom stereocenters. The average Bonchev–Trinajstić information content (AvgIpc) is 2.65. The van der Waals surface area contributed by atoms with E-state index in [2.05, 4.69) is 42.0 Å². The minimum atomic E-state index is 0. The molecule has 0 amide bonds. The van der Waals surface area contributed by atoms with Crippen molar-refractivity contribution in [1.82, 2.24) is 0 Å². The van der Waals surface area contributed by atoms with Crippen LogP contribution in [0.4, 0.5) is 0 Å². The SMILES string of the molecule is CC(=O)C(C)=C1COC1.CC(=O)C(C)C1COC1.CC(CO)C1COC1.I.II.O=C1COC1. The zero-order valence-electron chi connectivity index (χ0n) is 20.6. The number of aliphatic hydroxyl groups is 1. The number of halogens is 3. The molecule has 0 aromatic carbocycles. The number of rotatable bonds is 5. The summed E-state index contributed by atoms with van der Waals surface area (Å²) in [6.45, 7) is 14.7. The molecule has 8 nitrogen and oxygen atoms in total. The highest BCUT2D eigenvalue weighted by Gasteiger charge is 2.27. The molecule has 11 heteroatoms. The lowest BCUT2D eigenvalue weighted by atomic mass is 9.90. The fourth-order valence-corrected chi connectivity index (χ4v) is 2.46. The number of aliphatic hydroxyl groups excluding tert-OH is 1. The summed E-state index contributed by atoms with van der Waals surface area (Å²) in [7, 11) is 0. The van der Waals surface area contributed by atoms with Gasteiger partial charge < -0.3 is 24.1 Å². The molecule has 4 saturated heterocycles. The van der Waals surface area contributed by atoms with Gasteiger partial charge in [0, 0.05) is 61.6 Å². The number of carbonyl (C=O) groups excluding carboxylic acids is 3. The third-order valence-corrected chi connectivity index (χ3v) is 5.91. The second-order valence-electron chi connectivity index (χ2n) is 8.46. The second kappa shape index (κ2) is 21.8. The number of allylic oxidation sites excluding steroid dienone is 1. The van der Waals surface area contributed by atoms with Crippen molar-refractivity contribution in [2.24, 2.45) is 23.7 Å². The summed E-state index contributed by atoms with van der Waals surface area (Å²) in [6.07, 6.45) is 0. The van der Waals surface area contributed by atoms with Crippen molar-refractivity contribution in [3.05, 3.63) is 11.1 Å². The van der Waals surface area contributed by atoms with Gasteiger partial charge in [-0.05, 0) is 37.8 Å². The highest BCUT2D eigenvalue weighted by Crippen LogP contribution is 2.20. The Hall–Kier alpha value is 0.740. The Morgan fingerprint density at radius 3 is 1.38 bits per heavy atom. The van der Waals surface area contributed by atoms with Crippen molar-refractivity contribution in [1.29, 1.82) is 0 Å². The number of hydrogen-bond acceptors (Lipinski definition) is 8. The van der Waals surface area contributed by atoms with Gasteiger partial charge in [0.05, 0.1) is 39.6 Å². The molecule has 200 valence electrons. The van der Waals surface area contributed by atoms with Gasteiger partial charge in [-0.25, -0.2) is 0 Å². The maximum atomic E-state index is 10.7. The Balaban J connectivity index is 0. The van der Waals surface area contributed by atoms with Crippen LogP contribution in [0.2, 0.25) is 0 Å². The lowest BCUT2D eigenvalue weighted by molar-refractivity contribution is -0.140. The van der Waals surface area contributed by atoms with E-state index in [0.29, 0.717) is 50.8 Å². The fourth-order valence-electron chi connectivity index (χ4n) is 2.46. The smallest absolute Gasteiger partial charge is 0.184 e. The predicted molar refractivity (Wildman–Crippen MR) is 158 cm³/mol. The Morgan fingerprint density at radius 1 is 0.882 bits per heavy atom. The normalized spacial score (nSPS) is 19.8. The van der Waals surface area contributed by atoms with E-state index in [-0.39, 0.29) is 47.2 Å². The van der Waals surface area contributed by atoms with Crippen LogP contribution in [0.1, 0.15) is 34.6 Å². The van der Waals surface area contributed by atoms with Crippen LogP contribution in [-0.2, 0) is 33.3 Å². The van der Waals surface area contributed by atoms with Gasteiger partial charge >= 0.3 is 0 Å². The molecule has 4 aliphatic rings. The summed E-state index contributed by atoms with van der Waals surface area (Å²) in [5.74, 6) is 2.42. The van der Waals surface area contributed by atoms with E-state index in [0.717, 1.165) is 37.6 Å². The molecule has 4 heterocycles. The maximum Gasteiger partial charge on any atom is 0.184 e. The summed E-state index contributed by atoms with van der Waals surface area (Å²) in [5.41, 5.74) is 2.03. The number of ketones is 3. The monoisotopic (exact) mass is 824 g/mol. The van der Waals surface area contributed by atoms with Crippen LogP contribution < -0.4 is 0 Å². The first kappa shape index (κ1) is 36.9. The standard InChI is InChI=1S/C7H12O2.C7H10O2.C6H12O2.C3H4O2.I2.HI/c2*1-5(6(2)8)7-3-9-4-7;1-5(2-7)6-3-8-4-6;4-3-1-5-2-3;1-2;/h5,7H,3-4H2,1-2H3;3-4H2,1-2H3;5-7H,2-4H2,1H3;1-2H2;;1H. The van der Waals surface area contributed by atoms with E-state index in [1.807, 2.05) is 20.8 Å². The summed E-state index contributed by atoms with van der Waals surface area (Å²) < 4.78 is 19.3. The minimum absolute atomic E-state index is 0. The van der Waals surface area contributed by atoms with Gasteiger partial charge in [0.2, 0.25) is 0 Å². The van der Waals surface area contributed by atoms with Crippen molar-refractivity contribution in [2.45, 2.75) is 34.6 Å². The van der Waals surface area contributed by atoms with Gasteiger partial charge in [-0.15, -0.1) is 24.0 Å². The first-order chi connectivity index (χ1) is 15.7. The Kier molecular flexibility index (Phi) is 23.6. The molecule has 2 atom stereocenters. The molecule has 34 heavy (non-hydrogen) atoms. The molecule has 0 saturated carbocycles. The van der Waals surface area contributed by atoms with Crippen LogP contribution in [0, 0.1) is 23.7 Å². The third-order valence-electron chi connectivity index (χ3n) is 5.91. The Morgan fingerprint density at radius 2 is 1.29 bits per heavy atom. The van der Waals surface area contributed by atoms with E-state index >= 15 is 0 Å². The molecule has 1 N–H and O–H groups in total. The van der Waals surface area contributed by atoms with Crippen LogP contribution >= 0.6 is 61.2 Å². The Labute approximate surface area is 244 Å². The molecule has 0 aromatic rings. The molecule has 0 aliphatic carbocycles. The molecule has 4 rings (SSSR count). The van der Waals surface area contributed by atoms with Crippen LogP contribution in [0.15, 0.2) is 11.1 Å². The van der Waals surface area contributed by atoms with E-state index in [9.17, 15) is 14.4 Å². The number of carbonyl (C=O) groups is 3. The fraction of sp³-hybridized carbons (Fsp3) is 0.783. The number of hydrogen-bond donors (Lipinski definition) is 1. The summed E-state index contributed by atoms with van der Waals surface area (Å²) in [4.78, 5) is 31.2. The van der Waals surface area contributed by atoms with Crippen molar-refractivity contribution >= 4 is 78.6 Å². The van der Waals surface area contributed by atoms with Gasteiger partial charge in [0.15, 0.2) is 11.6 Å². The first-order valence-electron chi connectivity index (χ1n) is 10.9. The van der Waals surface area contributed by atoms with Crippen molar-refractivity contribution < 1.29 is 38.4 Å². The molecular formula is C23H39I3O8. The largest absolute Gasteiger partial charge is 0.396 e. The average molecular weight is 824 g/mol. The van der Waals surface area contributed by atoms with Crippen molar-refractivity contribution in [3.63, 3.8) is 0 Å². The zero-order chi connectivity index (χ0) is 25.4. The van der Waals surface area contributed by atoms with E-state index in [1.54, 1.807) is 13.8 Å². The number of Topliss-reactive ketones (excluding diaryl/α,β-unsaturated/α-hetero) is 3. The van der Waals surface area contributed by atoms with Gasteiger partial charge in [-0.2, -0.15) is 0 Å². The third kappa shape index (κ3) is 15.1. The highest BCUT2D eigenvalue weighted by molar-refractivity contribution is 15.0. The number of ether oxygens (including phenoxy) is 4. The molecule has 4 aliphatic heterocycles. The molecule has 0 bridgehead atoms. The predicted octanol–water partition coefficient (Wildman–Crippen LogP) is 4.02. The van der Waals surface area contributed by atoms with Crippen LogP contribution in [-0.4, -0.2) is 81.9 Å². The Bertz CT molecular complexity index is 619. The van der Waals surface area contributed by atoms with Crippen LogP contribution in [0.25, 0.3) is 0 Å². The van der Waals surface area contributed by atoms with Crippen LogP contribution in [0.5, 0.6) is 0 Å². The van der Waals surface area contributed by atoms with Crippen molar-refractivity contribution in [3.8, 4) is 0 Å². The lowest BCUT2D eigenvalue weighted by Gasteiger charge is -2.30. The summed E-state index contributed by atoms with van der Waals surface area (Å²) in [6, 6.07) is 0. The van der Waals surface area contributed by atoms with Gasteiger partial charge in [0.25, 0.3) is 0 Å². The minimum Gasteiger partial charge on any atom is -0.396 e. The molecule has 0 radical (unpaired) electrons. The lowest BCUT2D eigenvalue weighted by Crippen LogP contribution is -2.35. The van der Waals surface area contributed by atoms with E-state index in [1.165, 1.54) is 0 Å². The highest BCUT2D eigenvalue weighted by atomic mass is 128. The molecule has 0 aromatic heterocycles.